The van der Waals surface area contributed by atoms with Gasteiger partial charge in [0.25, 0.3) is 0 Å². The molecule has 1 saturated carbocycles. The van der Waals surface area contributed by atoms with Crippen LogP contribution in [0.2, 0.25) is 5.02 Å². The maximum Gasteiger partial charge on any atom is 0.134 e. The normalized spacial score (nSPS) is 16.2. The Hall–Kier alpha value is -1.25. The van der Waals surface area contributed by atoms with Crippen molar-refractivity contribution in [1.29, 1.82) is 0 Å². The zero-order chi connectivity index (χ0) is 13.2. The minimum atomic E-state index is 0.745. The van der Waals surface area contributed by atoms with Gasteiger partial charge in [-0.05, 0) is 62.6 Å². The quantitative estimate of drug-likeness (QED) is 0.805. The lowest BCUT2D eigenvalue weighted by Crippen LogP contribution is -2.16. The van der Waals surface area contributed by atoms with E-state index in [9.17, 15) is 0 Å². The van der Waals surface area contributed by atoms with Gasteiger partial charge in [0, 0.05) is 16.5 Å². The van der Waals surface area contributed by atoms with E-state index in [0.29, 0.717) is 0 Å². The molecule has 0 bridgehead atoms. The third-order valence-corrected chi connectivity index (χ3v) is 3.71. The van der Waals surface area contributed by atoms with E-state index in [-0.39, 0.29) is 0 Å². The number of rotatable bonds is 5. The molecule has 1 aromatic carbocycles. The van der Waals surface area contributed by atoms with Crippen molar-refractivity contribution in [2.24, 2.45) is 0 Å². The van der Waals surface area contributed by atoms with Crippen LogP contribution in [0.1, 0.15) is 31.9 Å². The van der Waals surface area contributed by atoms with Gasteiger partial charge >= 0.3 is 0 Å². The fraction of sp³-hybridized carbons (Fsp3) is 0.375. The average molecular weight is 276 g/mol. The van der Waals surface area contributed by atoms with Crippen LogP contribution in [0.5, 0.6) is 0 Å². The van der Waals surface area contributed by atoms with Crippen molar-refractivity contribution in [3.05, 3.63) is 41.1 Å². The Kier molecular flexibility index (Phi) is 3.63. The minimum Gasteiger partial charge on any atom is -0.456 e. The Balaban J connectivity index is 1.69. The van der Waals surface area contributed by atoms with Crippen LogP contribution in [0.15, 0.2) is 34.8 Å². The van der Waals surface area contributed by atoms with Gasteiger partial charge in [-0.2, -0.15) is 0 Å². The van der Waals surface area contributed by atoms with E-state index in [4.69, 9.17) is 16.0 Å². The SMILES string of the molecule is C/C(=C/CCNC1CC1)c1cc2cc(Cl)ccc2o1. The summed E-state index contributed by atoms with van der Waals surface area (Å²) in [6, 6.07) is 8.55. The summed E-state index contributed by atoms with van der Waals surface area (Å²) >= 11 is 5.98. The maximum atomic E-state index is 5.98. The molecule has 1 N–H and O–H groups in total. The van der Waals surface area contributed by atoms with Crippen molar-refractivity contribution >= 4 is 28.1 Å². The van der Waals surface area contributed by atoms with Crippen molar-refractivity contribution < 1.29 is 4.42 Å². The standard InChI is InChI=1S/C16H18ClNO/c1-11(3-2-8-18-14-5-6-14)16-10-12-9-13(17)4-7-15(12)19-16/h3-4,7,9-10,14,18H,2,5-6,8H2,1H3/b11-3-. The topological polar surface area (TPSA) is 25.2 Å². The fourth-order valence-electron chi connectivity index (χ4n) is 2.17. The molecule has 1 aliphatic carbocycles. The average Bonchev–Trinajstić information content (AvgIpc) is 3.12. The van der Waals surface area contributed by atoms with Crippen LogP contribution in [0.25, 0.3) is 16.5 Å². The number of hydrogen-bond donors (Lipinski definition) is 1. The van der Waals surface area contributed by atoms with Gasteiger partial charge < -0.3 is 9.73 Å². The first-order valence-corrected chi connectivity index (χ1v) is 7.20. The lowest BCUT2D eigenvalue weighted by Gasteiger charge is -1.99. The molecule has 2 aromatic rings. The molecular formula is C16H18ClNO. The van der Waals surface area contributed by atoms with Gasteiger partial charge in [0.15, 0.2) is 0 Å². The van der Waals surface area contributed by atoms with Gasteiger partial charge in [-0.15, -0.1) is 0 Å². The molecule has 0 saturated heterocycles. The Morgan fingerprint density at radius 2 is 2.26 bits per heavy atom. The van der Waals surface area contributed by atoms with Gasteiger partial charge in [-0.1, -0.05) is 17.7 Å². The van der Waals surface area contributed by atoms with Crippen molar-refractivity contribution in [3.8, 4) is 0 Å². The number of benzene rings is 1. The Morgan fingerprint density at radius 1 is 1.42 bits per heavy atom. The van der Waals surface area contributed by atoms with Crippen LogP contribution in [0.3, 0.4) is 0 Å². The van der Waals surface area contributed by atoms with Crippen molar-refractivity contribution in [1.82, 2.24) is 5.32 Å². The molecule has 1 aromatic heterocycles. The van der Waals surface area contributed by atoms with Crippen LogP contribution >= 0.6 is 11.6 Å². The number of hydrogen-bond acceptors (Lipinski definition) is 2. The van der Waals surface area contributed by atoms with Gasteiger partial charge in [0.1, 0.15) is 11.3 Å². The molecule has 2 nitrogen and oxygen atoms in total. The zero-order valence-corrected chi connectivity index (χ0v) is 11.8. The number of allylic oxidation sites excluding steroid dienone is 1. The summed E-state index contributed by atoms with van der Waals surface area (Å²) in [6.45, 7) is 3.14. The van der Waals surface area contributed by atoms with Gasteiger partial charge in [0.05, 0.1) is 0 Å². The van der Waals surface area contributed by atoms with Crippen LogP contribution in [0, 0.1) is 0 Å². The third kappa shape index (κ3) is 3.20. The monoisotopic (exact) mass is 275 g/mol. The minimum absolute atomic E-state index is 0.745. The predicted molar refractivity (Wildman–Crippen MR) is 80.5 cm³/mol. The van der Waals surface area contributed by atoms with Gasteiger partial charge in [-0.3, -0.25) is 0 Å². The Bertz CT molecular complexity index is 610. The summed E-state index contributed by atoms with van der Waals surface area (Å²) in [7, 11) is 0. The van der Waals surface area contributed by atoms with Gasteiger partial charge in [0.2, 0.25) is 0 Å². The number of fused-ring (bicyclic) bond motifs is 1. The molecule has 0 spiro atoms. The first-order valence-electron chi connectivity index (χ1n) is 6.82. The highest BCUT2D eigenvalue weighted by Crippen LogP contribution is 2.27. The highest BCUT2D eigenvalue weighted by atomic mass is 35.5. The van der Waals surface area contributed by atoms with E-state index < -0.39 is 0 Å². The second-order valence-corrected chi connectivity index (χ2v) is 5.63. The summed E-state index contributed by atoms with van der Waals surface area (Å²) in [5.74, 6) is 0.934. The van der Waals surface area contributed by atoms with Gasteiger partial charge in [-0.25, -0.2) is 0 Å². The smallest absolute Gasteiger partial charge is 0.134 e. The van der Waals surface area contributed by atoms with E-state index in [1.54, 1.807) is 0 Å². The molecule has 19 heavy (non-hydrogen) atoms. The Morgan fingerprint density at radius 3 is 3.05 bits per heavy atom. The number of furan rings is 1. The lowest BCUT2D eigenvalue weighted by atomic mass is 10.1. The van der Waals surface area contributed by atoms with Crippen molar-refractivity contribution in [2.75, 3.05) is 6.54 Å². The molecule has 3 heteroatoms. The van der Waals surface area contributed by atoms with E-state index in [0.717, 1.165) is 40.8 Å². The number of halogens is 1. The van der Waals surface area contributed by atoms with Crippen LogP contribution < -0.4 is 5.32 Å². The molecule has 0 radical (unpaired) electrons. The molecule has 0 amide bonds. The predicted octanol–water partition coefficient (Wildman–Crippen LogP) is 4.63. The molecule has 1 aliphatic rings. The molecule has 0 unspecified atom stereocenters. The molecule has 100 valence electrons. The number of nitrogens with one attached hydrogen (secondary N) is 1. The third-order valence-electron chi connectivity index (χ3n) is 3.47. The highest BCUT2D eigenvalue weighted by Gasteiger charge is 2.19. The summed E-state index contributed by atoms with van der Waals surface area (Å²) < 4.78 is 5.83. The van der Waals surface area contributed by atoms with Crippen LogP contribution in [0.4, 0.5) is 0 Å². The molecule has 1 heterocycles. The first kappa shape index (κ1) is 12.8. The van der Waals surface area contributed by atoms with Crippen LogP contribution in [-0.2, 0) is 0 Å². The second kappa shape index (κ2) is 5.40. The largest absolute Gasteiger partial charge is 0.456 e. The van der Waals surface area contributed by atoms with Crippen LogP contribution in [-0.4, -0.2) is 12.6 Å². The molecule has 1 fully saturated rings. The van der Waals surface area contributed by atoms with Crippen molar-refractivity contribution in [3.63, 3.8) is 0 Å². The summed E-state index contributed by atoms with van der Waals surface area (Å²) in [5.41, 5.74) is 2.08. The summed E-state index contributed by atoms with van der Waals surface area (Å²) in [4.78, 5) is 0. The summed E-state index contributed by atoms with van der Waals surface area (Å²) in [6.07, 6.45) is 5.95. The molecular weight excluding hydrogens is 258 g/mol. The molecule has 0 atom stereocenters. The molecule has 3 rings (SSSR count). The zero-order valence-electron chi connectivity index (χ0n) is 11.1. The highest BCUT2D eigenvalue weighted by molar-refractivity contribution is 6.31. The van der Waals surface area contributed by atoms with E-state index in [2.05, 4.69) is 24.4 Å². The fourth-order valence-corrected chi connectivity index (χ4v) is 2.35. The van der Waals surface area contributed by atoms with E-state index in [1.807, 2.05) is 18.2 Å². The maximum absolute atomic E-state index is 5.98. The summed E-state index contributed by atoms with van der Waals surface area (Å²) in [5, 5.41) is 5.31. The lowest BCUT2D eigenvalue weighted by molar-refractivity contribution is 0.598. The van der Waals surface area contributed by atoms with E-state index >= 15 is 0 Å². The first-order chi connectivity index (χ1) is 9.22. The Labute approximate surface area is 118 Å². The van der Waals surface area contributed by atoms with Crippen molar-refractivity contribution in [2.45, 2.75) is 32.2 Å². The molecule has 0 aliphatic heterocycles. The second-order valence-electron chi connectivity index (χ2n) is 5.20. The van der Waals surface area contributed by atoms with E-state index in [1.165, 1.54) is 18.4 Å².